The van der Waals surface area contributed by atoms with Gasteiger partial charge < -0.3 is 14.7 Å². The van der Waals surface area contributed by atoms with Crippen molar-refractivity contribution in [3.63, 3.8) is 0 Å². The molecule has 0 saturated carbocycles. The molecule has 1 aliphatic heterocycles. The SMILES string of the molecule is Cc1nc(N2CCC[C@H](C(=O)NCc3cccs3)C2)c2c(C)noc2n1. The maximum atomic E-state index is 12.6. The summed E-state index contributed by atoms with van der Waals surface area (Å²) in [7, 11) is 0. The molecule has 3 aromatic rings. The molecule has 136 valence electrons. The lowest BCUT2D eigenvalue weighted by molar-refractivity contribution is -0.125. The van der Waals surface area contributed by atoms with Crippen LogP contribution in [0, 0.1) is 19.8 Å². The van der Waals surface area contributed by atoms with Gasteiger partial charge in [0.25, 0.3) is 5.71 Å². The number of amides is 1. The van der Waals surface area contributed by atoms with Crippen LogP contribution in [0.3, 0.4) is 0 Å². The molecule has 0 radical (unpaired) electrons. The zero-order valence-corrected chi connectivity index (χ0v) is 15.7. The van der Waals surface area contributed by atoms with E-state index in [-0.39, 0.29) is 11.8 Å². The second-order valence-corrected chi connectivity index (χ2v) is 7.66. The highest BCUT2D eigenvalue weighted by molar-refractivity contribution is 7.09. The zero-order valence-electron chi connectivity index (χ0n) is 14.9. The quantitative estimate of drug-likeness (QED) is 0.759. The fraction of sp³-hybridized carbons (Fsp3) is 0.444. The number of piperidine rings is 1. The van der Waals surface area contributed by atoms with Crippen LogP contribution in [0.5, 0.6) is 0 Å². The number of fused-ring (bicyclic) bond motifs is 1. The van der Waals surface area contributed by atoms with Crippen LogP contribution in [0.1, 0.15) is 29.2 Å². The van der Waals surface area contributed by atoms with Gasteiger partial charge >= 0.3 is 0 Å². The van der Waals surface area contributed by atoms with E-state index in [2.05, 4.69) is 25.3 Å². The molecule has 4 heterocycles. The van der Waals surface area contributed by atoms with Crippen molar-refractivity contribution in [1.82, 2.24) is 20.4 Å². The molecule has 4 rings (SSSR count). The van der Waals surface area contributed by atoms with Crippen molar-refractivity contribution in [2.24, 2.45) is 5.92 Å². The van der Waals surface area contributed by atoms with Gasteiger partial charge in [0, 0.05) is 18.0 Å². The van der Waals surface area contributed by atoms with Crippen LogP contribution in [0.2, 0.25) is 0 Å². The van der Waals surface area contributed by atoms with Gasteiger partial charge in [-0.3, -0.25) is 4.79 Å². The molecule has 8 heteroatoms. The summed E-state index contributed by atoms with van der Waals surface area (Å²) in [6.07, 6.45) is 1.84. The number of anilines is 1. The molecule has 1 amide bonds. The summed E-state index contributed by atoms with van der Waals surface area (Å²) in [6.45, 7) is 5.84. The molecule has 0 aliphatic carbocycles. The van der Waals surface area contributed by atoms with Gasteiger partial charge in [-0.2, -0.15) is 4.98 Å². The lowest BCUT2D eigenvalue weighted by Crippen LogP contribution is -2.43. The second kappa shape index (κ2) is 7.03. The third kappa shape index (κ3) is 3.29. The van der Waals surface area contributed by atoms with E-state index >= 15 is 0 Å². The molecular weight excluding hydrogens is 350 g/mol. The first-order valence-electron chi connectivity index (χ1n) is 8.77. The fourth-order valence-corrected chi connectivity index (χ4v) is 4.06. The minimum absolute atomic E-state index is 0.0470. The monoisotopic (exact) mass is 371 g/mol. The molecule has 7 nitrogen and oxygen atoms in total. The first-order chi connectivity index (χ1) is 12.6. The molecule has 0 aromatic carbocycles. The molecule has 0 unspecified atom stereocenters. The fourth-order valence-electron chi connectivity index (χ4n) is 3.42. The summed E-state index contributed by atoms with van der Waals surface area (Å²) in [4.78, 5) is 24.9. The van der Waals surface area contributed by atoms with Crippen LogP contribution in [0.15, 0.2) is 22.0 Å². The van der Waals surface area contributed by atoms with Crippen molar-refractivity contribution in [1.29, 1.82) is 0 Å². The van der Waals surface area contributed by atoms with Crippen molar-refractivity contribution in [3.05, 3.63) is 33.9 Å². The van der Waals surface area contributed by atoms with Crippen LogP contribution < -0.4 is 10.2 Å². The lowest BCUT2D eigenvalue weighted by atomic mass is 9.97. The number of nitrogens with one attached hydrogen (secondary N) is 1. The molecule has 1 saturated heterocycles. The maximum absolute atomic E-state index is 12.6. The number of thiophene rings is 1. The number of aryl methyl sites for hydroxylation is 2. The Hall–Kier alpha value is -2.48. The molecule has 0 bridgehead atoms. The lowest BCUT2D eigenvalue weighted by Gasteiger charge is -2.33. The van der Waals surface area contributed by atoms with Crippen molar-refractivity contribution in [2.45, 2.75) is 33.2 Å². The van der Waals surface area contributed by atoms with Crippen LogP contribution in [-0.4, -0.2) is 34.1 Å². The number of rotatable bonds is 4. The normalized spacial score (nSPS) is 17.6. The van der Waals surface area contributed by atoms with E-state index < -0.39 is 0 Å². The van der Waals surface area contributed by atoms with Crippen molar-refractivity contribution in [2.75, 3.05) is 18.0 Å². The molecule has 3 aromatic heterocycles. The predicted octanol–water partition coefficient (Wildman–Crippen LogP) is 2.83. The molecule has 0 spiro atoms. The number of nitrogens with zero attached hydrogens (tertiary/aromatic N) is 4. The largest absolute Gasteiger partial charge is 0.355 e. The Morgan fingerprint density at radius 3 is 3.12 bits per heavy atom. The number of aromatic nitrogens is 3. The van der Waals surface area contributed by atoms with Gasteiger partial charge in [-0.25, -0.2) is 4.98 Å². The summed E-state index contributed by atoms with van der Waals surface area (Å²) in [5.74, 6) is 1.52. The first-order valence-corrected chi connectivity index (χ1v) is 9.65. The van der Waals surface area contributed by atoms with Gasteiger partial charge in [0.05, 0.1) is 18.2 Å². The predicted molar refractivity (Wildman–Crippen MR) is 100 cm³/mol. The molecule has 26 heavy (non-hydrogen) atoms. The molecule has 1 fully saturated rings. The molecular formula is C18H21N5O2S. The highest BCUT2D eigenvalue weighted by Crippen LogP contribution is 2.30. The Labute approximate surface area is 155 Å². The average molecular weight is 371 g/mol. The summed E-state index contributed by atoms with van der Waals surface area (Å²) >= 11 is 1.66. The minimum atomic E-state index is -0.0470. The Morgan fingerprint density at radius 2 is 2.31 bits per heavy atom. The van der Waals surface area contributed by atoms with E-state index in [4.69, 9.17) is 4.52 Å². The van der Waals surface area contributed by atoms with Gasteiger partial charge in [0.2, 0.25) is 5.91 Å². The molecule has 1 N–H and O–H groups in total. The van der Waals surface area contributed by atoms with Gasteiger partial charge in [-0.05, 0) is 38.1 Å². The molecule has 1 aliphatic rings. The summed E-state index contributed by atoms with van der Waals surface area (Å²) in [6, 6.07) is 4.03. The minimum Gasteiger partial charge on any atom is -0.355 e. The standard InChI is InChI=1S/C18H21N5O2S/c1-11-15-16(20-12(2)21-18(15)25-22-11)23-7-3-5-13(10-23)17(24)19-9-14-6-4-8-26-14/h4,6,8,13H,3,5,7,9-10H2,1-2H3,(H,19,24)/t13-/m0/s1. The third-order valence-corrected chi connectivity index (χ3v) is 5.58. The Balaban J connectivity index is 1.52. The second-order valence-electron chi connectivity index (χ2n) is 6.62. The smallest absolute Gasteiger partial charge is 0.263 e. The topological polar surface area (TPSA) is 84.2 Å². The van der Waals surface area contributed by atoms with Gasteiger partial charge in [-0.1, -0.05) is 11.2 Å². The van der Waals surface area contributed by atoms with E-state index in [0.29, 0.717) is 24.6 Å². The van der Waals surface area contributed by atoms with Gasteiger partial charge in [0.1, 0.15) is 17.0 Å². The third-order valence-electron chi connectivity index (χ3n) is 4.71. The summed E-state index contributed by atoms with van der Waals surface area (Å²) in [5, 5.41) is 9.95. The number of hydrogen-bond acceptors (Lipinski definition) is 7. The molecule has 1 atom stereocenters. The van der Waals surface area contributed by atoms with Crippen LogP contribution in [0.25, 0.3) is 11.1 Å². The van der Waals surface area contributed by atoms with Crippen LogP contribution in [0.4, 0.5) is 5.82 Å². The van der Waals surface area contributed by atoms with Gasteiger partial charge in [-0.15, -0.1) is 11.3 Å². The zero-order chi connectivity index (χ0) is 18.1. The average Bonchev–Trinajstić information content (AvgIpc) is 3.29. The van der Waals surface area contributed by atoms with Crippen molar-refractivity contribution >= 4 is 34.2 Å². The Morgan fingerprint density at radius 1 is 1.42 bits per heavy atom. The summed E-state index contributed by atoms with van der Waals surface area (Å²) < 4.78 is 5.31. The number of hydrogen-bond donors (Lipinski definition) is 1. The van der Waals surface area contributed by atoms with E-state index in [1.54, 1.807) is 11.3 Å². The van der Waals surface area contributed by atoms with Crippen molar-refractivity contribution in [3.8, 4) is 0 Å². The highest BCUT2D eigenvalue weighted by Gasteiger charge is 2.28. The van der Waals surface area contributed by atoms with Crippen LogP contribution in [-0.2, 0) is 11.3 Å². The Bertz CT molecular complexity index is 921. The van der Waals surface area contributed by atoms with Crippen molar-refractivity contribution < 1.29 is 9.32 Å². The number of carbonyl (C=O) groups excluding carboxylic acids is 1. The number of carbonyl (C=O) groups is 1. The van der Waals surface area contributed by atoms with E-state index in [1.165, 1.54) is 4.88 Å². The van der Waals surface area contributed by atoms with Crippen LogP contribution >= 0.6 is 11.3 Å². The first kappa shape index (κ1) is 17.0. The van der Waals surface area contributed by atoms with E-state index in [0.717, 1.165) is 36.3 Å². The van der Waals surface area contributed by atoms with E-state index in [1.807, 2.05) is 31.4 Å². The van der Waals surface area contributed by atoms with E-state index in [9.17, 15) is 4.79 Å². The maximum Gasteiger partial charge on any atom is 0.263 e. The summed E-state index contributed by atoms with van der Waals surface area (Å²) in [5.41, 5.74) is 1.29. The van der Waals surface area contributed by atoms with Gasteiger partial charge in [0.15, 0.2) is 0 Å². The highest BCUT2D eigenvalue weighted by atomic mass is 32.1. The Kier molecular flexibility index (Phi) is 4.58.